The van der Waals surface area contributed by atoms with Gasteiger partial charge in [-0.1, -0.05) is 67.0 Å². The van der Waals surface area contributed by atoms with Gasteiger partial charge in [-0.15, -0.1) is 0 Å². The van der Waals surface area contributed by atoms with Crippen LogP contribution >= 0.6 is 0 Å². The summed E-state index contributed by atoms with van der Waals surface area (Å²) in [6, 6.07) is 16.6. The van der Waals surface area contributed by atoms with E-state index in [1.165, 1.54) is 0 Å². The Labute approximate surface area is 254 Å². The van der Waals surface area contributed by atoms with Crippen LogP contribution in [0.2, 0.25) is 0 Å². The van der Waals surface area contributed by atoms with Crippen LogP contribution in [0.3, 0.4) is 0 Å². The number of nitrogens with one attached hydrogen (secondary N) is 1. The molecule has 44 heavy (non-hydrogen) atoms. The average molecular weight is 596 g/mol. The van der Waals surface area contributed by atoms with Gasteiger partial charge in [-0.05, 0) is 48.8 Å². The summed E-state index contributed by atoms with van der Waals surface area (Å²) in [6.45, 7) is 5.71. The Morgan fingerprint density at radius 1 is 0.932 bits per heavy atom. The first-order valence-corrected chi connectivity index (χ1v) is 15.6. The number of morpholine rings is 1. The second kappa shape index (κ2) is 12.3. The summed E-state index contributed by atoms with van der Waals surface area (Å²) in [6.07, 6.45) is 7.74. The van der Waals surface area contributed by atoms with Crippen molar-refractivity contribution in [1.82, 2.24) is 34.2 Å². The van der Waals surface area contributed by atoms with Crippen LogP contribution in [0.1, 0.15) is 61.9 Å². The van der Waals surface area contributed by atoms with Crippen LogP contribution in [0.25, 0.3) is 28.3 Å². The first kappa shape index (κ1) is 28.4. The SMILES string of the molecule is CCCc1c(Cc2ccc(-c3ccccc3-c3noc(=O)[nH]3)cc2)c(=O)n(C2CCC(N3CCOCC3)CC2)c2ncnn12. The van der Waals surface area contributed by atoms with Gasteiger partial charge in [0.1, 0.15) is 6.33 Å². The third-order valence-electron chi connectivity index (χ3n) is 9.17. The molecule has 3 aromatic heterocycles. The van der Waals surface area contributed by atoms with Crippen LogP contribution in [-0.4, -0.2) is 66.6 Å². The van der Waals surface area contributed by atoms with Crippen LogP contribution < -0.4 is 11.3 Å². The van der Waals surface area contributed by atoms with Crippen molar-refractivity contribution in [3.63, 3.8) is 0 Å². The standard InChI is InChI=1S/C33H37N7O4/c1-2-5-29-28(20-22-8-10-23(11-9-22)26-6-3-4-7-27(26)30-36-33(42)44-37-30)31(41)39(32-34-21-35-40(29)32)25-14-12-24(13-15-25)38-16-18-43-19-17-38/h3-4,6-11,21,24-25H,2,5,12-20H2,1H3,(H,36,37,42). The molecule has 4 heterocycles. The highest BCUT2D eigenvalue weighted by molar-refractivity contribution is 5.80. The molecule has 0 atom stereocenters. The maximum Gasteiger partial charge on any atom is 0.439 e. The summed E-state index contributed by atoms with van der Waals surface area (Å²) in [5.41, 5.74) is 5.49. The summed E-state index contributed by atoms with van der Waals surface area (Å²) in [7, 11) is 0. The number of ether oxygens (including phenoxy) is 1. The molecule has 1 aliphatic carbocycles. The second-order valence-corrected chi connectivity index (χ2v) is 11.8. The molecule has 7 rings (SSSR count). The Bertz CT molecular complexity index is 1860. The zero-order chi connectivity index (χ0) is 30.0. The Morgan fingerprint density at radius 3 is 2.36 bits per heavy atom. The number of H-pyrrole nitrogens is 1. The molecule has 1 saturated heterocycles. The van der Waals surface area contributed by atoms with E-state index in [1.807, 2.05) is 45.5 Å². The highest BCUT2D eigenvalue weighted by atomic mass is 16.5. The van der Waals surface area contributed by atoms with Crippen molar-refractivity contribution in [1.29, 1.82) is 0 Å². The Kier molecular flexibility index (Phi) is 7.97. The fraction of sp³-hybridized carbons (Fsp3) is 0.424. The lowest BCUT2D eigenvalue weighted by molar-refractivity contribution is 0.00543. The maximum atomic E-state index is 14.4. The van der Waals surface area contributed by atoms with Gasteiger partial charge in [-0.2, -0.15) is 10.1 Å². The van der Waals surface area contributed by atoms with Crippen LogP contribution in [0.4, 0.5) is 0 Å². The van der Waals surface area contributed by atoms with Crippen molar-refractivity contribution in [2.24, 2.45) is 0 Å². The minimum atomic E-state index is -0.590. The van der Waals surface area contributed by atoms with Crippen molar-refractivity contribution < 1.29 is 9.26 Å². The summed E-state index contributed by atoms with van der Waals surface area (Å²) < 4.78 is 14.1. The molecule has 1 saturated carbocycles. The van der Waals surface area contributed by atoms with Crippen LogP contribution in [-0.2, 0) is 17.6 Å². The Morgan fingerprint density at radius 2 is 1.66 bits per heavy atom. The number of nitrogens with zero attached hydrogens (tertiary/aromatic N) is 6. The van der Waals surface area contributed by atoms with Gasteiger partial charge in [-0.25, -0.2) is 9.31 Å². The number of rotatable bonds is 8. The Balaban J connectivity index is 1.19. The number of aromatic amines is 1. The fourth-order valence-corrected chi connectivity index (χ4v) is 7.00. The molecule has 0 spiro atoms. The van der Waals surface area contributed by atoms with Gasteiger partial charge in [0, 0.05) is 42.7 Å². The van der Waals surface area contributed by atoms with Gasteiger partial charge in [0.15, 0.2) is 5.82 Å². The number of aromatic nitrogens is 6. The Hall–Kier alpha value is -4.35. The first-order valence-electron chi connectivity index (χ1n) is 15.6. The minimum absolute atomic E-state index is 0.0492. The normalized spacial score (nSPS) is 19.5. The molecule has 11 nitrogen and oxygen atoms in total. The average Bonchev–Trinajstić information content (AvgIpc) is 3.73. The topological polar surface area (TPSA) is 124 Å². The summed E-state index contributed by atoms with van der Waals surface area (Å²) in [4.78, 5) is 35.7. The number of benzene rings is 2. The van der Waals surface area contributed by atoms with Crippen molar-refractivity contribution in [3.05, 3.63) is 92.6 Å². The molecular weight excluding hydrogens is 558 g/mol. The fourth-order valence-electron chi connectivity index (χ4n) is 7.00. The molecular formula is C33H37N7O4. The molecule has 2 aliphatic rings. The van der Waals surface area contributed by atoms with E-state index < -0.39 is 5.76 Å². The molecule has 11 heteroatoms. The molecule has 0 amide bonds. The lowest BCUT2D eigenvalue weighted by Gasteiger charge is -2.39. The molecule has 228 valence electrons. The van der Waals surface area contributed by atoms with E-state index in [1.54, 1.807) is 6.33 Å². The van der Waals surface area contributed by atoms with Crippen LogP contribution in [0, 0.1) is 0 Å². The van der Waals surface area contributed by atoms with E-state index in [0.717, 1.165) is 98.3 Å². The second-order valence-electron chi connectivity index (χ2n) is 11.8. The highest BCUT2D eigenvalue weighted by Gasteiger charge is 2.30. The predicted octanol–water partition coefficient (Wildman–Crippen LogP) is 4.26. The van der Waals surface area contributed by atoms with Gasteiger partial charge in [0.05, 0.1) is 18.9 Å². The lowest BCUT2D eigenvalue weighted by Crippen LogP contribution is -2.45. The van der Waals surface area contributed by atoms with Gasteiger partial charge in [0.25, 0.3) is 5.56 Å². The van der Waals surface area contributed by atoms with Crippen molar-refractivity contribution in [3.8, 4) is 22.5 Å². The first-order chi connectivity index (χ1) is 21.6. The van der Waals surface area contributed by atoms with E-state index in [0.29, 0.717) is 24.1 Å². The van der Waals surface area contributed by atoms with Crippen LogP contribution in [0.15, 0.2) is 69.0 Å². The zero-order valence-corrected chi connectivity index (χ0v) is 24.9. The number of fused-ring (bicyclic) bond motifs is 1. The van der Waals surface area contributed by atoms with Crippen molar-refractivity contribution in [2.45, 2.75) is 64.0 Å². The minimum Gasteiger partial charge on any atom is -0.379 e. The van der Waals surface area contributed by atoms with E-state index in [9.17, 15) is 9.59 Å². The molecule has 0 unspecified atom stereocenters. The van der Waals surface area contributed by atoms with Gasteiger partial charge in [0.2, 0.25) is 5.78 Å². The largest absolute Gasteiger partial charge is 0.439 e. The molecule has 2 aromatic carbocycles. The number of aryl methyl sites for hydroxylation is 1. The third-order valence-corrected chi connectivity index (χ3v) is 9.17. The molecule has 2 fully saturated rings. The van der Waals surface area contributed by atoms with E-state index >= 15 is 0 Å². The van der Waals surface area contributed by atoms with E-state index in [2.05, 4.69) is 44.2 Å². The highest BCUT2D eigenvalue weighted by Crippen LogP contribution is 2.33. The predicted molar refractivity (Wildman–Crippen MR) is 166 cm³/mol. The quantitative estimate of drug-likeness (QED) is 0.282. The molecule has 0 bridgehead atoms. The smallest absolute Gasteiger partial charge is 0.379 e. The molecule has 0 radical (unpaired) electrons. The molecule has 1 aliphatic heterocycles. The van der Waals surface area contributed by atoms with Crippen molar-refractivity contribution in [2.75, 3.05) is 26.3 Å². The number of hydrogen-bond acceptors (Lipinski definition) is 8. The molecule has 1 N–H and O–H groups in total. The third kappa shape index (κ3) is 5.41. The van der Waals surface area contributed by atoms with Crippen molar-refractivity contribution >= 4 is 5.78 Å². The van der Waals surface area contributed by atoms with Gasteiger partial charge < -0.3 is 4.74 Å². The number of hydrogen-bond donors (Lipinski definition) is 1. The summed E-state index contributed by atoms with van der Waals surface area (Å²) in [5.74, 6) is 0.447. The van der Waals surface area contributed by atoms with Crippen LogP contribution in [0.5, 0.6) is 0 Å². The summed E-state index contributed by atoms with van der Waals surface area (Å²) in [5, 5.41) is 8.48. The van der Waals surface area contributed by atoms with E-state index in [4.69, 9.17) is 9.26 Å². The van der Waals surface area contributed by atoms with E-state index in [-0.39, 0.29) is 11.6 Å². The molecule has 5 aromatic rings. The zero-order valence-electron chi connectivity index (χ0n) is 24.9. The lowest BCUT2D eigenvalue weighted by atomic mass is 9.89. The maximum absolute atomic E-state index is 14.4. The van der Waals surface area contributed by atoms with Gasteiger partial charge in [-0.3, -0.25) is 23.8 Å². The summed E-state index contributed by atoms with van der Waals surface area (Å²) >= 11 is 0. The van der Waals surface area contributed by atoms with Gasteiger partial charge >= 0.3 is 5.76 Å². The monoisotopic (exact) mass is 595 g/mol.